The molecule has 3 N–H and O–H groups in total. The standard InChI is InChI=1S/C59H114NO7P/c1-3-5-7-9-11-13-15-17-19-21-23-25-27-28-29-31-33-35-37-39-41-43-45-47-49-51-54-64-56-58(57-66-68(62,63)65-55-53-60)67-59(61)52-50-48-46-44-42-40-38-36-34-32-30-26-24-22-20-18-16-14-12-10-8-6-4-2/h16,18,22,24,30,32,58H,3-15,17,19-21,23,25-29,31,33-57,60H2,1-2H3,(H,62,63)/b18-16-,24-22-,32-30-. The molecule has 2 unspecified atom stereocenters. The maximum absolute atomic E-state index is 12.7. The Morgan fingerprint density at radius 1 is 0.441 bits per heavy atom. The van der Waals surface area contributed by atoms with Gasteiger partial charge < -0.3 is 20.1 Å². The van der Waals surface area contributed by atoms with Gasteiger partial charge in [-0.1, -0.05) is 275 Å². The van der Waals surface area contributed by atoms with E-state index in [0.717, 1.165) is 51.4 Å². The largest absolute Gasteiger partial charge is 0.472 e. The number of hydrogen-bond acceptors (Lipinski definition) is 7. The van der Waals surface area contributed by atoms with Gasteiger partial charge in [-0.25, -0.2) is 4.57 Å². The van der Waals surface area contributed by atoms with E-state index >= 15 is 0 Å². The molecule has 0 fully saturated rings. The van der Waals surface area contributed by atoms with Crippen molar-refractivity contribution in [2.45, 2.75) is 302 Å². The summed E-state index contributed by atoms with van der Waals surface area (Å²) in [6, 6.07) is 0. The first-order chi connectivity index (χ1) is 33.4. The third-order valence-electron chi connectivity index (χ3n) is 13.1. The van der Waals surface area contributed by atoms with E-state index in [-0.39, 0.29) is 32.3 Å². The van der Waals surface area contributed by atoms with Crippen molar-refractivity contribution in [2.75, 3.05) is 33.0 Å². The Morgan fingerprint density at radius 2 is 0.779 bits per heavy atom. The zero-order chi connectivity index (χ0) is 49.4. The SMILES string of the molecule is CCCCCCC/C=C\C/C=C\C/C=C\CCCCCCCCCCC(=O)OC(COCCCCCCCCCCCCCCCCCCCCCCCCCCCC)COP(=O)(O)OCCN. The van der Waals surface area contributed by atoms with Gasteiger partial charge in [-0.15, -0.1) is 0 Å². The molecule has 0 saturated carbocycles. The molecule has 0 aromatic rings. The highest BCUT2D eigenvalue weighted by molar-refractivity contribution is 7.47. The topological polar surface area (TPSA) is 117 Å². The van der Waals surface area contributed by atoms with Gasteiger partial charge in [-0.3, -0.25) is 13.8 Å². The van der Waals surface area contributed by atoms with Crippen molar-refractivity contribution in [3.63, 3.8) is 0 Å². The van der Waals surface area contributed by atoms with Crippen LogP contribution in [0, 0.1) is 0 Å². The third kappa shape index (κ3) is 55.6. The number of allylic oxidation sites excluding steroid dienone is 6. The van der Waals surface area contributed by atoms with Crippen LogP contribution in [0.5, 0.6) is 0 Å². The fourth-order valence-corrected chi connectivity index (χ4v) is 9.48. The monoisotopic (exact) mass is 980 g/mol. The average molecular weight is 981 g/mol. The number of carbonyl (C=O) groups is 1. The van der Waals surface area contributed by atoms with E-state index in [1.54, 1.807) is 0 Å². The first-order valence-electron chi connectivity index (χ1n) is 29.5. The lowest BCUT2D eigenvalue weighted by Gasteiger charge is -2.20. The van der Waals surface area contributed by atoms with Gasteiger partial charge in [-0.05, 0) is 51.4 Å². The minimum absolute atomic E-state index is 0.0956. The van der Waals surface area contributed by atoms with E-state index in [0.29, 0.717) is 13.0 Å². The molecule has 0 amide bonds. The number of phosphoric ester groups is 1. The maximum atomic E-state index is 12.7. The second kappa shape index (κ2) is 56.6. The van der Waals surface area contributed by atoms with Crippen LogP contribution in [-0.2, 0) is 27.9 Å². The number of hydrogen-bond donors (Lipinski definition) is 2. The minimum atomic E-state index is -4.29. The quantitative estimate of drug-likeness (QED) is 0.0268. The molecule has 0 aliphatic rings. The highest BCUT2D eigenvalue weighted by atomic mass is 31.2. The molecule has 9 heteroatoms. The molecule has 68 heavy (non-hydrogen) atoms. The highest BCUT2D eigenvalue weighted by Crippen LogP contribution is 2.43. The number of phosphoric acid groups is 1. The number of esters is 1. The van der Waals surface area contributed by atoms with Gasteiger partial charge in [0, 0.05) is 19.6 Å². The zero-order valence-corrected chi connectivity index (χ0v) is 46.0. The van der Waals surface area contributed by atoms with Crippen molar-refractivity contribution >= 4 is 13.8 Å². The van der Waals surface area contributed by atoms with Gasteiger partial charge >= 0.3 is 13.8 Å². The van der Waals surface area contributed by atoms with Crippen molar-refractivity contribution in [1.82, 2.24) is 0 Å². The fourth-order valence-electron chi connectivity index (χ4n) is 8.71. The normalized spacial score (nSPS) is 13.4. The number of ether oxygens (including phenoxy) is 2. The molecule has 0 aliphatic heterocycles. The molecule has 0 bridgehead atoms. The van der Waals surface area contributed by atoms with Crippen molar-refractivity contribution in [3.05, 3.63) is 36.5 Å². The van der Waals surface area contributed by atoms with E-state index in [1.165, 1.54) is 225 Å². The molecular weight excluding hydrogens is 866 g/mol. The molecule has 0 heterocycles. The van der Waals surface area contributed by atoms with Gasteiger partial charge in [-0.2, -0.15) is 0 Å². The molecular formula is C59H114NO7P. The van der Waals surface area contributed by atoms with Gasteiger partial charge in [0.2, 0.25) is 0 Å². The van der Waals surface area contributed by atoms with Crippen molar-refractivity contribution < 1.29 is 32.8 Å². The van der Waals surface area contributed by atoms with Crippen LogP contribution in [0.1, 0.15) is 296 Å². The highest BCUT2D eigenvalue weighted by Gasteiger charge is 2.25. The zero-order valence-electron chi connectivity index (χ0n) is 45.1. The summed E-state index contributed by atoms with van der Waals surface area (Å²) in [5, 5.41) is 0. The summed E-state index contributed by atoms with van der Waals surface area (Å²) < 4.78 is 33.7. The minimum Gasteiger partial charge on any atom is -0.457 e. The van der Waals surface area contributed by atoms with Crippen molar-refractivity contribution in [1.29, 1.82) is 0 Å². The van der Waals surface area contributed by atoms with Crippen LogP contribution in [0.3, 0.4) is 0 Å². The first-order valence-corrected chi connectivity index (χ1v) is 31.0. The van der Waals surface area contributed by atoms with Crippen LogP contribution in [0.2, 0.25) is 0 Å². The molecule has 0 radical (unpaired) electrons. The first kappa shape index (κ1) is 66.7. The third-order valence-corrected chi connectivity index (χ3v) is 14.0. The van der Waals surface area contributed by atoms with Crippen molar-refractivity contribution in [2.24, 2.45) is 5.73 Å². The maximum Gasteiger partial charge on any atom is 0.472 e. The fraction of sp³-hybridized carbons (Fsp3) is 0.881. The molecule has 0 aromatic carbocycles. The van der Waals surface area contributed by atoms with Crippen LogP contribution in [-0.4, -0.2) is 49.9 Å². The van der Waals surface area contributed by atoms with Crippen molar-refractivity contribution in [3.8, 4) is 0 Å². The summed E-state index contributed by atoms with van der Waals surface area (Å²) in [5.41, 5.74) is 5.40. The van der Waals surface area contributed by atoms with E-state index < -0.39 is 13.9 Å². The smallest absolute Gasteiger partial charge is 0.457 e. The average Bonchev–Trinajstić information content (AvgIpc) is 3.33. The van der Waals surface area contributed by atoms with Gasteiger partial charge in [0.25, 0.3) is 0 Å². The van der Waals surface area contributed by atoms with Gasteiger partial charge in [0.15, 0.2) is 0 Å². The summed E-state index contributed by atoms with van der Waals surface area (Å²) >= 11 is 0. The Labute approximate surface area is 422 Å². The lowest BCUT2D eigenvalue weighted by molar-refractivity contribution is -0.154. The van der Waals surface area contributed by atoms with Gasteiger partial charge in [0.1, 0.15) is 6.10 Å². The van der Waals surface area contributed by atoms with Crippen LogP contribution >= 0.6 is 7.82 Å². The lowest BCUT2D eigenvalue weighted by atomic mass is 10.0. The predicted octanol–water partition coefficient (Wildman–Crippen LogP) is 18.9. The summed E-state index contributed by atoms with van der Waals surface area (Å²) in [6.45, 7) is 4.97. The van der Waals surface area contributed by atoms with E-state index in [1.807, 2.05) is 0 Å². The number of nitrogens with two attached hydrogens (primary N) is 1. The second-order valence-corrected chi connectivity index (χ2v) is 21.3. The molecule has 0 aromatic heterocycles. The van der Waals surface area contributed by atoms with E-state index in [2.05, 4.69) is 50.3 Å². The molecule has 8 nitrogen and oxygen atoms in total. The Kier molecular flexibility index (Phi) is 55.6. The van der Waals surface area contributed by atoms with Crippen LogP contribution in [0.25, 0.3) is 0 Å². The Hall–Kier alpha value is -1.28. The Balaban J connectivity index is 3.86. The molecule has 0 spiro atoms. The molecule has 2 atom stereocenters. The van der Waals surface area contributed by atoms with Crippen LogP contribution < -0.4 is 5.73 Å². The van der Waals surface area contributed by atoms with Crippen LogP contribution in [0.4, 0.5) is 0 Å². The molecule has 402 valence electrons. The number of unbranched alkanes of at least 4 members (excludes halogenated alkanes) is 38. The second-order valence-electron chi connectivity index (χ2n) is 19.9. The van der Waals surface area contributed by atoms with E-state index in [4.69, 9.17) is 24.3 Å². The number of carbonyl (C=O) groups excluding carboxylic acids is 1. The number of rotatable bonds is 57. The Bertz CT molecular complexity index is 1150. The van der Waals surface area contributed by atoms with Crippen LogP contribution in [0.15, 0.2) is 36.5 Å². The summed E-state index contributed by atoms with van der Waals surface area (Å²) in [7, 11) is -4.29. The van der Waals surface area contributed by atoms with Gasteiger partial charge in [0.05, 0.1) is 19.8 Å². The summed E-state index contributed by atoms with van der Waals surface area (Å²) in [4.78, 5) is 22.7. The Morgan fingerprint density at radius 3 is 1.16 bits per heavy atom. The summed E-state index contributed by atoms with van der Waals surface area (Å²) in [5.74, 6) is -0.332. The molecule has 0 aliphatic carbocycles. The molecule has 0 rings (SSSR count). The summed E-state index contributed by atoms with van der Waals surface area (Å²) in [6.07, 6.45) is 69.2. The van der Waals surface area contributed by atoms with E-state index in [9.17, 15) is 14.3 Å². The predicted molar refractivity (Wildman–Crippen MR) is 293 cm³/mol. The lowest BCUT2D eigenvalue weighted by Crippen LogP contribution is -2.28. The molecule has 0 saturated heterocycles.